The molecular weight excluding hydrogens is 1400 g/mol. The molecule has 9 heteroatoms. The molecule has 0 radical (unpaired) electrons. The van der Waals surface area contributed by atoms with Crippen molar-refractivity contribution in [2.24, 2.45) is 0 Å². The number of rotatable bonds is 7. The van der Waals surface area contributed by atoms with Gasteiger partial charge in [0.25, 0.3) is 0 Å². The van der Waals surface area contributed by atoms with Crippen LogP contribution in [0.4, 0.5) is 0 Å². The fraction of sp³-hybridized carbons (Fsp3) is 0. The van der Waals surface area contributed by atoms with Gasteiger partial charge in [0.15, 0.2) is 0 Å². The summed E-state index contributed by atoms with van der Waals surface area (Å²) in [5, 5.41) is 20.1. The molecule has 6 aromatic heterocycles. The molecule has 18 aromatic carbocycles. The van der Waals surface area contributed by atoms with Gasteiger partial charge in [0, 0.05) is 109 Å². The zero-order chi connectivity index (χ0) is 74.6. The first kappa shape index (κ1) is 65.3. The Hall–Kier alpha value is -14.8. The van der Waals surface area contributed by atoms with Crippen LogP contribution in [0.25, 0.3) is 214 Å². The van der Waals surface area contributed by atoms with Crippen molar-refractivity contribution in [1.82, 2.24) is 38.6 Å². The second kappa shape index (κ2) is 26.8. The number of H-pyrrole nitrogens is 1. The van der Waals surface area contributed by atoms with E-state index in [1.54, 1.807) is 0 Å². The second-order valence-corrected chi connectivity index (χ2v) is 29.4. The van der Waals surface area contributed by atoms with Gasteiger partial charge >= 0.3 is 0 Å². The zero-order valence-electron chi connectivity index (χ0n) is 61.0. The topological polar surface area (TPSA) is 82.1 Å². The number of nitrogens with one attached hydrogen (secondary N) is 1. The fourth-order valence-electron chi connectivity index (χ4n) is 17.4. The van der Waals surface area contributed by atoms with Crippen LogP contribution >= 0.6 is 11.6 Å². The third-order valence-corrected chi connectivity index (χ3v) is 22.9. The second-order valence-electron chi connectivity index (χ2n) is 29.0. The molecule has 0 aliphatic carbocycles. The van der Waals surface area contributed by atoms with Gasteiger partial charge in [-0.1, -0.05) is 266 Å². The van der Waals surface area contributed by atoms with E-state index in [2.05, 4.69) is 358 Å². The van der Waals surface area contributed by atoms with Crippen LogP contribution in [0.15, 0.2) is 389 Å². The summed E-state index contributed by atoms with van der Waals surface area (Å²) in [6, 6.07) is 133. The van der Waals surface area contributed by atoms with E-state index in [1.165, 1.54) is 142 Å². The number of fused-ring (bicyclic) bond motifs is 24. The van der Waals surface area contributed by atoms with E-state index in [1.807, 2.05) is 48.8 Å². The maximum atomic E-state index is 6.00. The number of halogens is 1. The highest BCUT2D eigenvalue weighted by Gasteiger charge is 2.21. The molecule has 0 spiro atoms. The van der Waals surface area contributed by atoms with E-state index >= 15 is 0 Å². The molecule has 0 unspecified atom stereocenters. The Kier molecular flexibility index (Phi) is 15.5. The lowest BCUT2D eigenvalue weighted by molar-refractivity contribution is 1.18. The monoisotopic (exact) mass is 1460 g/mol. The number of hydrogen-bond acceptors (Lipinski definition) is 4. The molecule has 0 aliphatic heterocycles. The standard InChI is InChI=1S/C52H32N4.C30H20N2.C22H13ClN2/c1-2-12-36(13-3-1)55-47-20-10-8-16-40(47)44-30-34(24-28-49(44)55)35-25-29-50-45(31-35)41-17-9-11-21-48(41)56(50)37-26-22-33(23-27-37)46-32-53-51-42-18-6-4-14-38(42)39-15-5-7-19-43(39)52(51)54-46;1-2-8-22(9-3-1)32-29-13-7-5-11-24(29)26-19-21(15-17-30(26)32)20-14-16-28-25(18-20)23-10-4-6-12-27(23)31-28;23-15-11-9-14(10-12-15)20-13-24-21-18-7-3-1-5-16(18)17-6-2-4-8-19(17)22(21)25-20/h1-32H;1-19,31H;1-13H. The molecular formula is C104H65ClN8. The first-order valence-electron chi connectivity index (χ1n) is 38.2. The van der Waals surface area contributed by atoms with Crippen molar-refractivity contribution in [3.05, 3.63) is 394 Å². The van der Waals surface area contributed by atoms with Gasteiger partial charge < -0.3 is 18.7 Å². The van der Waals surface area contributed by atoms with Gasteiger partial charge in [-0.15, -0.1) is 0 Å². The Balaban J connectivity index is 0.000000115. The van der Waals surface area contributed by atoms with Crippen LogP contribution in [0, 0.1) is 0 Å². The molecule has 528 valence electrons. The van der Waals surface area contributed by atoms with Gasteiger partial charge in [0.2, 0.25) is 0 Å². The van der Waals surface area contributed by atoms with Gasteiger partial charge in [0.05, 0.1) is 78.9 Å². The molecule has 1 N–H and O–H groups in total. The lowest BCUT2D eigenvalue weighted by Gasteiger charge is -2.11. The quantitative estimate of drug-likeness (QED) is 0.161. The van der Waals surface area contributed by atoms with Crippen LogP contribution in [0.2, 0.25) is 5.02 Å². The molecule has 6 heterocycles. The third kappa shape index (κ3) is 11.0. The van der Waals surface area contributed by atoms with E-state index < -0.39 is 0 Å². The van der Waals surface area contributed by atoms with Crippen molar-refractivity contribution in [3.63, 3.8) is 0 Å². The molecule has 8 nitrogen and oxygen atoms in total. The molecule has 0 amide bonds. The van der Waals surface area contributed by atoms with E-state index in [0.29, 0.717) is 5.02 Å². The van der Waals surface area contributed by atoms with Crippen molar-refractivity contribution in [3.8, 4) is 61.8 Å². The van der Waals surface area contributed by atoms with Gasteiger partial charge in [-0.25, -0.2) is 9.97 Å². The van der Waals surface area contributed by atoms with Crippen LogP contribution in [0.3, 0.4) is 0 Å². The van der Waals surface area contributed by atoms with Gasteiger partial charge in [-0.3, -0.25) is 9.97 Å². The Morgan fingerprint density at radius 3 is 0.894 bits per heavy atom. The SMILES string of the molecule is Clc1ccc(-c2cnc3c4ccccc4c4ccccc4c3n2)cc1.c1ccc(-n2c3ccccc3c3cc(-c4ccc5[nH]c6ccccc6c5c4)ccc32)cc1.c1ccc(-n2c3ccccc3c3cc(-c4ccc5c(c4)c4ccccc4n5-c4ccc(-c5cnc6c7ccccc7c7ccccc7c6n5)cc4)ccc32)cc1. The molecule has 24 aromatic rings. The van der Waals surface area contributed by atoms with E-state index in [0.717, 1.165) is 71.8 Å². The molecule has 0 aliphatic rings. The average molecular weight is 1460 g/mol. The highest BCUT2D eigenvalue weighted by molar-refractivity contribution is 6.30. The Morgan fingerprint density at radius 1 is 0.204 bits per heavy atom. The number of nitrogens with zero attached hydrogens (tertiary/aromatic N) is 7. The maximum absolute atomic E-state index is 6.00. The minimum Gasteiger partial charge on any atom is -0.355 e. The van der Waals surface area contributed by atoms with E-state index in [9.17, 15) is 0 Å². The third-order valence-electron chi connectivity index (χ3n) is 22.6. The molecule has 0 saturated heterocycles. The highest BCUT2D eigenvalue weighted by atomic mass is 35.5. The predicted octanol–water partition coefficient (Wildman–Crippen LogP) is 27.8. The summed E-state index contributed by atoms with van der Waals surface area (Å²) in [6.07, 6.45) is 3.75. The van der Waals surface area contributed by atoms with E-state index in [-0.39, 0.29) is 0 Å². The van der Waals surface area contributed by atoms with Crippen LogP contribution in [-0.2, 0) is 0 Å². The van der Waals surface area contributed by atoms with Crippen LogP contribution < -0.4 is 0 Å². The average Bonchev–Trinajstić information content (AvgIpc) is 1.62. The first-order chi connectivity index (χ1) is 56.0. The number of para-hydroxylation sites is 6. The predicted molar refractivity (Wildman–Crippen MR) is 475 cm³/mol. The van der Waals surface area contributed by atoms with Gasteiger partial charge in [0.1, 0.15) is 0 Å². The Labute approximate surface area is 653 Å². The number of benzene rings is 18. The van der Waals surface area contributed by atoms with Crippen molar-refractivity contribution in [1.29, 1.82) is 0 Å². The minimum atomic E-state index is 0.717. The van der Waals surface area contributed by atoms with Crippen molar-refractivity contribution >= 4 is 164 Å². The fourth-order valence-corrected chi connectivity index (χ4v) is 17.5. The van der Waals surface area contributed by atoms with Crippen molar-refractivity contribution < 1.29 is 0 Å². The summed E-state index contributed by atoms with van der Waals surface area (Å²) in [5.41, 5.74) is 25.4. The molecule has 0 atom stereocenters. The van der Waals surface area contributed by atoms with Crippen molar-refractivity contribution in [2.75, 3.05) is 0 Å². The summed E-state index contributed by atoms with van der Waals surface area (Å²) in [5.74, 6) is 0. The van der Waals surface area contributed by atoms with Crippen LogP contribution in [0.5, 0.6) is 0 Å². The first-order valence-corrected chi connectivity index (χ1v) is 38.5. The maximum Gasteiger partial charge on any atom is 0.0979 e. The van der Waals surface area contributed by atoms with Gasteiger partial charge in [-0.2, -0.15) is 0 Å². The van der Waals surface area contributed by atoms with Crippen molar-refractivity contribution in [2.45, 2.75) is 0 Å². The molecule has 24 rings (SSSR count). The summed E-state index contributed by atoms with van der Waals surface area (Å²) >= 11 is 6.00. The van der Waals surface area contributed by atoms with Crippen LogP contribution in [-0.4, -0.2) is 38.6 Å². The number of aromatic nitrogens is 8. The Morgan fingerprint density at radius 2 is 0.487 bits per heavy atom. The van der Waals surface area contributed by atoms with E-state index in [4.69, 9.17) is 31.5 Å². The smallest absolute Gasteiger partial charge is 0.0979 e. The Bertz CT molecular complexity index is 7860. The molecule has 0 fully saturated rings. The summed E-state index contributed by atoms with van der Waals surface area (Å²) in [4.78, 5) is 23.5. The van der Waals surface area contributed by atoms with Crippen LogP contribution in [0.1, 0.15) is 0 Å². The largest absolute Gasteiger partial charge is 0.355 e. The minimum absolute atomic E-state index is 0.717. The summed E-state index contributed by atoms with van der Waals surface area (Å²) in [6.45, 7) is 0. The summed E-state index contributed by atoms with van der Waals surface area (Å²) in [7, 11) is 0. The highest BCUT2D eigenvalue weighted by Crippen LogP contribution is 2.43. The normalized spacial score (nSPS) is 11.8. The zero-order valence-corrected chi connectivity index (χ0v) is 61.7. The molecule has 0 bridgehead atoms. The summed E-state index contributed by atoms with van der Waals surface area (Å²) < 4.78 is 7.10. The lowest BCUT2D eigenvalue weighted by atomic mass is 9.99. The lowest BCUT2D eigenvalue weighted by Crippen LogP contribution is -1.95. The number of hydrogen-bond donors (Lipinski definition) is 1. The molecule has 0 saturated carbocycles. The molecule has 113 heavy (non-hydrogen) atoms. The van der Waals surface area contributed by atoms with Gasteiger partial charge in [-0.05, 0) is 165 Å². The number of aromatic amines is 1.